The standard InChI is InChI=1S/C19H31N4O3P.C18H29N4O3P.C17H27N4O3P.C15H22BrN4O3P.C15H22FN4O3P/c1-5-6-7-14-22-15-12(20)8-10-21-18(15)23(14)19-17(25)16(24)13(26-19)9-11-27(2,3)4;1-5-6-13-21-14-11(19)7-9-20-17(14)22(13)18-16(24)15(23)12(25-18)8-10-26(2,3)4;1-5-12-20-13-10(18)6-8-19-16(13)21(12)17-15(23)14(22)11(24-17)7-9-25(2,3)4;2*1-24(2,3)7-5-9-11(21)12(22)14(23-9)20-13-10(19-15(20)16)8(17)4-6-18-13/h8,10,13,16-17,19,24-25H,2,5-7,9,11H2,1,3-4H3,(H2,20,21);7,9,12,15-16,18,23-24H,2,5-6,8,10H2,1,3-4H3,(H2,19,20);6,8,11,14-15,17,22-23H,2,5,7,9H2,1,3-4H3,(H2,18,19);2*4,6,9,11-12,14,21-22H,1,5,7H2,2-3H3,(H2,17,18)/t13-,16-,17-,19?;12-,15-,16-,18?;11-,14-,15-,17?;2*9-,11-,12-,14?/m11111/s1. The monoisotopic (exact) mass is 1910 g/mol. The summed E-state index contributed by atoms with van der Waals surface area (Å²) in [7, 11) is 0. The van der Waals surface area contributed by atoms with Crippen molar-refractivity contribution in [2.75, 3.05) is 126 Å². The third kappa shape index (κ3) is 23.1. The maximum Gasteiger partial charge on any atom is 0.293 e. The smallest absolute Gasteiger partial charge is 0.293 e. The van der Waals surface area contributed by atoms with Gasteiger partial charge < -0.3 is 103 Å². The van der Waals surface area contributed by atoms with Crippen LogP contribution in [0.4, 0.5) is 32.8 Å². The molecule has 0 saturated carbocycles. The highest BCUT2D eigenvalue weighted by atomic mass is 79.9. The number of aromatic nitrogens is 15. The van der Waals surface area contributed by atoms with E-state index in [4.69, 9.17) is 52.4 Å². The molecule has 10 aromatic heterocycles. The van der Waals surface area contributed by atoms with Crippen molar-refractivity contribution in [1.29, 1.82) is 0 Å². The second-order valence-electron chi connectivity index (χ2n) is 36.7. The van der Waals surface area contributed by atoms with Crippen LogP contribution >= 0.6 is 50.4 Å². The van der Waals surface area contributed by atoms with Crippen LogP contribution in [0.25, 0.3) is 55.8 Å². The number of hydrogen-bond donors (Lipinski definition) is 15. The first kappa shape index (κ1) is 100.0. The van der Waals surface area contributed by atoms with E-state index in [1.54, 1.807) is 62.8 Å². The summed E-state index contributed by atoms with van der Waals surface area (Å²) in [6.07, 6.45) is 23.7. The largest absolute Gasteiger partial charge is 0.397 e. The van der Waals surface area contributed by atoms with E-state index in [0.29, 0.717) is 117 Å². The van der Waals surface area contributed by atoms with Crippen LogP contribution in [-0.4, -0.2) is 344 Å². The third-order valence-electron chi connectivity index (χ3n) is 22.8. The third-order valence-corrected chi connectivity index (χ3v) is 30.7. The molecule has 5 unspecified atom stereocenters. The van der Waals surface area contributed by atoms with Gasteiger partial charge in [-0.2, -0.15) is 9.37 Å². The van der Waals surface area contributed by atoms with Crippen LogP contribution < -0.4 is 28.7 Å². The summed E-state index contributed by atoms with van der Waals surface area (Å²) >= 11 is 3.37. The van der Waals surface area contributed by atoms with Gasteiger partial charge in [0.2, 0.25) is 0 Å². The van der Waals surface area contributed by atoms with Crippen LogP contribution in [0, 0.1) is 6.08 Å². The Balaban J connectivity index is 0.000000153. The number of hydrogen-bond acceptors (Lipinski definition) is 30. The number of halogens is 2. The van der Waals surface area contributed by atoms with Gasteiger partial charge in [0.1, 0.15) is 106 Å². The van der Waals surface area contributed by atoms with Crippen LogP contribution in [0.2, 0.25) is 0 Å². The molecule has 42 heteroatoms. The van der Waals surface area contributed by atoms with Crippen molar-refractivity contribution in [2.45, 2.75) is 214 Å². The van der Waals surface area contributed by atoms with E-state index in [1.165, 1.54) is 12.3 Å². The fraction of sp³-hybridized carbons (Fsp3) is 0.583. The maximum absolute atomic E-state index is 14.3. The Labute approximate surface area is 743 Å². The first-order chi connectivity index (χ1) is 59.1. The summed E-state index contributed by atoms with van der Waals surface area (Å²) < 4.78 is 52.8. The van der Waals surface area contributed by atoms with Gasteiger partial charge in [-0.05, 0) is 189 Å². The normalized spacial score (nSPS) is 27.1. The second-order valence-corrected chi connectivity index (χ2v) is 59.0. The van der Waals surface area contributed by atoms with Gasteiger partial charge in [0.25, 0.3) is 6.08 Å². The Hall–Kier alpha value is -6.59. The van der Waals surface area contributed by atoms with Crippen LogP contribution in [0.5, 0.6) is 0 Å². The average Bonchev–Trinajstić information content (AvgIpc) is 1.61. The van der Waals surface area contributed by atoms with Gasteiger partial charge in [-0.15, -0.1) is 65.9 Å². The summed E-state index contributed by atoms with van der Waals surface area (Å²) in [5.41, 5.74) is 37.2. The molecule has 5 aliphatic rings. The summed E-state index contributed by atoms with van der Waals surface area (Å²) in [5.74, 6) is 2.26. The highest BCUT2D eigenvalue weighted by molar-refractivity contribution is 9.10. The lowest BCUT2D eigenvalue weighted by molar-refractivity contribution is -0.0413. The zero-order valence-electron chi connectivity index (χ0n) is 74.3. The van der Waals surface area contributed by atoms with Gasteiger partial charge in [-0.3, -0.25) is 22.8 Å². The van der Waals surface area contributed by atoms with E-state index in [1.807, 2.05) is 11.5 Å². The molecule has 0 radical (unpaired) electrons. The van der Waals surface area contributed by atoms with Crippen LogP contribution in [-0.2, 0) is 42.9 Å². The zero-order chi connectivity index (χ0) is 92.5. The summed E-state index contributed by atoms with van der Waals surface area (Å²) in [5, 5.41) is 105. The molecule has 20 atom stereocenters. The molecular formula is C84H131BrFN20O15P5. The van der Waals surface area contributed by atoms with Crippen molar-refractivity contribution in [3.63, 3.8) is 0 Å². The molecular weight excluding hydrogens is 1780 g/mol. The molecule has 5 fully saturated rings. The number of nitrogens with zero attached hydrogens (tertiary/aromatic N) is 15. The number of aliphatic hydroxyl groups is 10. The van der Waals surface area contributed by atoms with Crippen molar-refractivity contribution in [3.05, 3.63) is 89.6 Å². The minimum absolute atomic E-state index is 0.175. The zero-order valence-corrected chi connectivity index (χ0v) is 80.3. The van der Waals surface area contributed by atoms with Crippen LogP contribution in [0.15, 0.2) is 66.0 Å². The minimum atomic E-state index is -1.29. The van der Waals surface area contributed by atoms with Crippen LogP contribution in [0.3, 0.4) is 0 Å². The number of ether oxygens (including phenoxy) is 5. The Kier molecular flexibility index (Phi) is 32.6. The number of anilines is 5. The molecule has 0 aliphatic carbocycles. The Morgan fingerprint density at radius 2 is 0.579 bits per heavy atom. The SMILES string of the molecule is C=P(C)(C)CC[C@H]1OC(n2c(Br)nc3c(N)ccnc32)[C@H](O)[C@@H]1O.C=P(C)(C)CC[C@H]1OC(n2c(CC)nc3c(N)ccnc32)[C@H](O)[C@@H]1O.C=P(C)(C)CC[C@H]1OC(n2c(CCC)nc3c(N)ccnc32)[C@H](O)[C@@H]1O.C=P(C)(C)CC[C@H]1OC(n2c(CCCC)nc3c(N)ccnc32)[C@H](O)[C@@H]1O.C=P(C)(C)CC[C@H]1OC(n2c(F)nc3c(N)ccnc32)[C@H](O)[C@@H]1O. The quantitative estimate of drug-likeness (QED) is 0.0234. The number of aliphatic hydroxyl groups excluding tert-OH is 10. The number of aryl methyl sites for hydroxylation is 3. The molecule has 20 N–H and O–H groups in total. The van der Waals surface area contributed by atoms with E-state index < -0.39 is 163 Å². The molecule has 0 bridgehead atoms. The number of nitrogens with two attached hydrogens (primary N) is 5. The predicted octanol–water partition coefficient (Wildman–Crippen LogP) is 7.42. The molecule has 15 heterocycles. The van der Waals surface area contributed by atoms with Crippen molar-refractivity contribution < 1.29 is 79.1 Å². The molecule has 5 aliphatic heterocycles. The lowest BCUT2D eigenvalue weighted by atomic mass is 10.1. The van der Waals surface area contributed by atoms with Gasteiger partial charge in [0.05, 0.1) is 59.0 Å². The molecule has 696 valence electrons. The lowest BCUT2D eigenvalue weighted by Crippen LogP contribution is -2.32. The Morgan fingerprint density at radius 3 is 0.857 bits per heavy atom. The molecule has 0 spiro atoms. The molecule has 10 aromatic rings. The molecule has 126 heavy (non-hydrogen) atoms. The summed E-state index contributed by atoms with van der Waals surface area (Å²) in [4.78, 5) is 43.5. The molecule has 35 nitrogen and oxygen atoms in total. The topological polar surface area (TPSA) is 532 Å². The van der Waals surface area contributed by atoms with Gasteiger partial charge in [0, 0.05) is 50.2 Å². The molecule has 15 rings (SSSR count). The highest BCUT2D eigenvalue weighted by Gasteiger charge is 2.50. The van der Waals surface area contributed by atoms with Gasteiger partial charge in [-0.25, -0.2) is 44.9 Å². The lowest BCUT2D eigenvalue weighted by Gasteiger charge is -2.20. The van der Waals surface area contributed by atoms with E-state index in [9.17, 15) is 55.5 Å². The fourth-order valence-electron chi connectivity index (χ4n) is 15.8. The van der Waals surface area contributed by atoms with Gasteiger partial charge in [-0.1, -0.05) is 27.2 Å². The van der Waals surface area contributed by atoms with E-state index in [-0.39, 0.29) is 16.9 Å². The first-order valence-corrected chi connectivity index (χ1v) is 58.5. The maximum atomic E-state index is 14.3. The van der Waals surface area contributed by atoms with Crippen LogP contribution in [0.1, 0.15) is 121 Å². The van der Waals surface area contributed by atoms with Crippen molar-refractivity contribution in [1.82, 2.24) is 72.7 Å². The van der Waals surface area contributed by atoms with Gasteiger partial charge >= 0.3 is 0 Å². The Bertz CT molecular complexity index is 5560. The summed E-state index contributed by atoms with van der Waals surface area (Å²) in [6.45, 7) is 21.3. The van der Waals surface area contributed by atoms with Crippen molar-refractivity contribution in [2.24, 2.45) is 0 Å². The van der Waals surface area contributed by atoms with E-state index in [2.05, 4.69) is 178 Å². The molecule has 5 saturated heterocycles. The Morgan fingerprint density at radius 1 is 0.341 bits per heavy atom. The number of unbranched alkanes of at least 4 members (excludes halogenated alkanes) is 1. The number of pyridine rings is 5. The highest BCUT2D eigenvalue weighted by Crippen LogP contribution is 2.47. The number of rotatable bonds is 26. The number of imidazole rings is 5. The first-order valence-electron chi connectivity index (χ1n) is 42.4. The average molecular weight is 1910 g/mol. The summed E-state index contributed by atoms with van der Waals surface area (Å²) in [6, 6.07) is 8.30. The van der Waals surface area contributed by atoms with Gasteiger partial charge in [0.15, 0.2) is 64.1 Å². The van der Waals surface area contributed by atoms with Crippen molar-refractivity contribution in [3.8, 4) is 0 Å². The van der Waals surface area contributed by atoms with E-state index >= 15 is 0 Å². The number of fused-ring (bicyclic) bond motifs is 5. The predicted molar refractivity (Wildman–Crippen MR) is 516 cm³/mol. The van der Waals surface area contributed by atoms with E-state index in [0.717, 1.165) is 78.5 Å². The second kappa shape index (κ2) is 41.0. The van der Waals surface area contributed by atoms with Crippen molar-refractivity contribution >= 4 is 166 Å². The molecule has 0 amide bonds. The number of nitrogen functional groups attached to an aromatic ring is 5. The minimum Gasteiger partial charge on any atom is -0.397 e. The fourth-order valence-corrected chi connectivity index (χ4v) is 21.1. The molecule has 0 aromatic carbocycles.